The summed E-state index contributed by atoms with van der Waals surface area (Å²) in [4.78, 5) is 26.2. The van der Waals surface area contributed by atoms with Crippen molar-refractivity contribution in [3.05, 3.63) is 54.1 Å². The Morgan fingerprint density at radius 2 is 2.08 bits per heavy atom. The summed E-state index contributed by atoms with van der Waals surface area (Å²) < 4.78 is 5.56. The fourth-order valence-electron chi connectivity index (χ4n) is 2.55. The van der Waals surface area contributed by atoms with Crippen LogP contribution in [-0.4, -0.2) is 24.5 Å². The van der Waals surface area contributed by atoms with Gasteiger partial charge in [-0.2, -0.15) is 0 Å². The molecule has 2 amide bonds. The number of amides is 2. The van der Waals surface area contributed by atoms with Crippen LogP contribution < -0.4 is 15.0 Å². The van der Waals surface area contributed by atoms with E-state index >= 15 is 0 Å². The first-order valence-electron chi connectivity index (χ1n) is 7.52. The zero-order valence-electron chi connectivity index (χ0n) is 13.2. The summed E-state index contributed by atoms with van der Waals surface area (Å²) in [6.07, 6.45) is 4.73. The van der Waals surface area contributed by atoms with Crippen molar-refractivity contribution >= 4 is 23.2 Å². The number of benzene rings is 2. The van der Waals surface area contributed by atoms with Crippen molar-refractivity contribution in [1.29, 1.82) is 0 Å². The maximum Gasteiger partial charge on any atom is 0.268 e. The number of hydrogen-bond acceptors (Lipinski definition) is 3. The summed E-state index contributed by atoms with van der Waals surface area (Å²) in [5.41, 5.74) is 1.86. The number of para-hydroxylation sites is 2. The fourth-order valence-corrected chi connectivity index (χ4v) is 2.55. The molecule has 3 rings (SSSR count). The van der Waals surface area contributed by atoms with Gasteiger partial charge in [-0.25, -0.2) is 0 Å². The Morgan fingerprint density at radius 1 is 1.29 bits per heavy atom. The van der Waals surface area contributed by atoms with Crippen LogP contribution in [0, 0.1) is 12.3 Å². The van der Waals surface area contributed by atoms with Crippen molar-refractivity contribution in [3.8, 4) is 18.1 Å². The molecular weight excluding hydrogens is 304 g/mol. The fraction of sp³-hybridized carbons (Fsp3) is 0.158. The van der Waals surface area contributed by atoms with E-state index in [4.69, 9.17) is 11.2 Å². The van der Waals surface area contributed by atoms with Gasteiger partial charge in [-0.05, 0) is 37.3 Å². The van der Waals surface area contributed by atoms with Crippen LogP contribution >= 0.6 is 0 Å². The Morgan fingerprint density at radius 3 is 2.88 bits per heavy atom. The normalized spacial score (nSPS) is 15.9. The van der Waals surface area contributed by atoms with Crippen LogP contribution in [0.25, 0.3) is 0 Å². The Kier molecular flexibility index (Phi) is 4.21. The molecule has 1 aliphatic heterocycles. The minimum absolute atomic E-state index is 0.0934. The molecule has 120 valence electrons. The molecule has 0 spiro atoms. The number of rotatable bonds is 3. The average Bonchev–Trinajstić information content (AvgIpc) is 2.59. The van der Waals surface area contributed by atoms with E-state index in [9.17, 15) is 9.59 Å². The van der Waals surface area contributed by atoms with Crippen molar-refractivity contribution in [2.75, 3.05) is 16.8 Å². The standard InChI is InChI=1S/C19H16N2O3/c1-3-14-7-6-8-15(11-14)20-18(22)12-21-16-9-4-5-10-17(16)24-13(2)19(21)23/h1,4-11,13H,12H2,2H3,(H,20,22). The second-order valence-electron chi connectivity index (χ2n) is 5.43. The third-order valence-corrected chi connectivity index (χ3v) is 3.69. The van der Waals surface area contributed by atoms with E-state index in [0.717, 1.165) is 0 Å². The van der Waals surface area contributed by atoms with E-state index in [1.165, 1.54) is 4.90 Å². The Labute approximate surface area is 140 Å². The molecule has 0 radical (unpaired) electrons. The van der Waals surface area contributed by atoms with Gasteiger partial charge in [0.1, 0.15) is 12.3 Å². The average molecular weight is 320 g/mol. The van der Waals surface area contributed by atoms with Crippen LogP contribution in [0.5, 0.6) is 5.75 Å². The first kappa shape index (κ1) is 15.6. The summed E-state index contributed by atoms with van der Waals surface area (Å²) in [6.45, 7) is 1.57. The number of nitrogens with zero attached hydrogens (tertiary/aromatic N) is 1. The van der Waals surface area contributed by atoms with Crippen LogP contribution in [0.1, 0.15) is 12.5 Å². The van der Waals surface area contributed by atoms with Gasteiger partial charge < -0.3 is 10.1 Å². The lowest BCUT2D eigenvalue weighted by molar-refractivity contribution is -0.127. The number of nitrogens with one attached hydrogen (secondary N) is 1. The predicted molar refractivity (Wildman–Crippen MR) is 91.9 cm³/mol. The number of carbonyl (C=O) groups excluding carboxylic acids is 2. The first-order chi connectivity index (χ1) is 11.6. The van der Waals surface area contributed by atoms with Gasteiger partial charge in [-0.3, -0.25) is 14.5 Å². The smallest absolute Gasteiger partial charge is 0.268 e. The molecular formula is C19H16N2O3. The number of hydrogen-bond donors (Lipinski definition) is 1. The molecule has 1 unspecified atom stereocenters. The summed E-state index contributed by atoms with van der Waals surface area (Å²) in [5, 5.41) is 2.76. The topological polar surface area (TPSA) is 58.6 Å². The SMILES string of the molecule is C#Cc1cccc(NC(=O)CN2C(=O)C(C)Oc3ccccc32)c1. The molecule has 2 aromatic rings. The lowest BCUT2D eigenvalue weighted by Crippen LogP contribution is -2.47. The second kappa shape index (κ2) is 6.47. The predicted octanol–water partition coefficient (Wildman–Crippen LogP) is 2.42. The van der Waals surface area contributed by atoms with Crippen LogP contribution in [0.3, 0.4) is 0 Å². The van der Waals surface area contributed by atoms with Crippen LogP contribution in [0.4, 0.5) is 11.4 Å². The molecule has 24 heavy (non-hydrogen) atoms. The molecule has 2 aromatic carbocycles. The third-order valence-electron chi connectivity index (χ3n) is 3.69. The van der Waals surface area contributed by atoms with E-state index in [1.54, 1.807) is 49.4 Å². The molecule has 1 heterocycles. The quantitative estimate of drug-likeness (QED) is 0.884. The largest absolute Gasteiger partial charge is 0.479 e. The second-order valence-corrected chi connectivity index (χ2v) is 5.43. The number of carbonyl (C=O) groups is 2. The van der Waals surface area contributed by atoms with E-state index in [2.05, 4.69) is 11.2 Å². The molecule has 0 saturated carbocycles. The summed E-state index contributed by atoms with van der Waals surface area (Å²) in [6, 6.07) is 14.1. The molecule has 5 heteroatoms. The van der Waals surface area contributed by atoms with E-state index in [0.29, 0.717) is 22.7 Å². The maximum absolute atomic E-state index is 12.4. The summed E-state index contributed by atoms with van der Waals surface area (Å²) in [7, 11) is 0. The Bertz CT molecular complexity index is 839. The van der Waals surface area contributed by atoms with Gasteiger partial charge in [0, 0.05) is 11.3 Å². The maximum atomic E-state index is 12.4. The minimum Gasteiger partial charge on any atom is -0.479 e. The van der Waals surface area contributed by atoms with Crippen molar-refractivity contribution in [2.24, 2.45) is 0 Å². The highest BCUT2D eigenvalue weighted by atomic mass is 16.5. The van der Waals surface area contributed by atoms with Gasteiger partial charge in [-0.15, -0.1) is 6.42 Å². The van der Waals surface area contributed by atoms with E-state index in [1.807, 2.05) is 6.07 Å². The first-order valence-corrected chi connectivity index (χ1v) is 7.52. The summed E-state index contributed by atoms with van der Waals surface area (Å²) in [5.74, 6) is 2.55. The van der Waals surface area contributed by atoms with Gasteiger partial charge in [-0.1, -0.05) is 24.1 Å². The molecule has 1 atom stereocenters. The third kappa shape index (κ3) is 3.08. The lowest BCUT2D eigenvalue weighted by atomic mass is 10.2. The van der Waals surface area contributed by atoms with Gasteiger partial charge in [0.25, 0.3) is 5.91 Å². The van der Waals surface area contributed by atoms with Crippen LogP contribution in [0.15, 0.2) is 48.5 Å². The number of fused-ring (bicyclic) bond motifs is 1. The summed E-state index contributed by atoms with van der Waals surface area (Å²) >= 11 is 0. The van der Waals surface area contributed by atoms with Gasteiger partial charge in [0.2, 0.25) is 5.91 Å². The van der Waals surface area contributed by atoms with Crippen LogP contribution in [-0.2, 0) is 9.59 Å². The van der Waals surface area contributed by atoms with Gasteiger partial charge >= 0.3 is 0 Å². The zero-order chi connectivity index (χ0) is 17.1. The van der Waals surface area contributed by atoms with Crippen molar-refractivity contribution in [2.45, 2.75) is 13.0 Å². The molecule has 0 fully saturated rings. The van der Waals surface area contributed by atoms with Gasteiger partial charge in [0.15, 0.2) is 6.10 Å². The molecule has 0 aromatic heterocycles. The van der Waals surface area contributed by atoms with Gasteiger partial charge in [0.05, 0.1) is 5.69 Å². The van der Waals surface area contributed by atoms with E-state index in [-0.39, 0.29) is 18.4 Å². The molecule has 0 aliphatic carbocycles. The zero-order valence-corrected chi connectivity index (χ0v) is 13.2. The highest BCUT2D eigenvalue weighted by Gasteiger charge is 2.32. The van der Waals surface area contributed by atoms with Crippen molar-refractivity contribution < 1.29 is 14.3 Å². The minimum atomic E-state index is -0.627. The molecule has 0 bridgehead atoms. The van der Waals surface area contributed by atoms with E-state index < -0.39 is 6.10 Å². The van der Waals surface area contributed by atoms with Crippen LogP contribution in [0.2, 0.25) is 0 Å². The molecule has 0 saturated heterocycles. The molecule has 1 N–H and O–H groups in total. The Balaban J connectivity index is 1.78. The Hall–Kier alpha value is -3.26. The number of ether oxygens (including phenoxy) is 1. The molecule has 1 aliphatic rings. The lowest BCUT2D eigenvalue weighted by Gasteiger charge is -2.32. The van der Waals surface area contributed by atoms with Crippen molar-refractivity contribution in [1.82, 2.24) is 0 Å². The number of anilines is 2. The molecule has 5 nitrogen and oxygen atoms in total. The highest BCUT2D eigenvalue weighted by molar-refractivity contribution is 6.06. The monoisotopic (exact) mass is 320 g/mol. The highest BCUT2D eigenvalue weighted by Crippen LogP contribution is 2.33. The van der Waals surface area contributed by atoms with Crippen molar-refractivity contribution in [3.63, 3.8) is 0 Å². The number of terminal acetylenes is 1.